The van der Waals surface area contributed by atoms with Gasteiger partial charge in [-0.2, -0.15) is 0 Å². The van der Waals surface area contributed by atoms with E-state index in [1.54, 1.807) is 0 Å². The van der Waals surface area contributed by atoms with Crippen LogP contribution in [0.2, 0.25) is 0 Å². The van der Waals surface area contributed by atoms with Gasteiger partial charge in [0.1, 0.15) is 59.8 Å². The molecular weight excluding hydrogens is 564 g/mol. The summed E-state index contributed by atoms with van der Waals surface area (Å²) >= 11 is 0. The van der Waals surface area contributed by atoms with Crippen LogP contribution >= 0.6 is 0 Å². The number of esters is 1. The van der Waals surface area contributed by atoms with E-state index in [0.717, 1.165) is 13.2 Å². The summed E-state index contributed by atoms with van der Waals surface area (Å²) in [7, 11) is 0.990. The van der Waals surface area contributed by atoms with Crippen molar-refractivity contribution in [2.24, 2.45) is 0 Å². The van der Waals surface area contributed by atoms with Crippen molar-refractivity contribution >= 4 is 17.5 Å². The van der Waals surface area contributed by atoms with Crippen molar-refractivity contribution in [1.82, 2.24) is 0 Å². The highest BCUT2D eigenvalue weighted by Gasteiger charge is 2.47. The molecule has 0 spiro atoms. The quantitative estimate of drug-likeness (QED) is 0.148. The Kier molecular flexibility index (Phi) is 8.30. The minimum Gasteiger partial charge on any atom is -0.506 e. The number of hydrogen-bond donors (Lipinski definition) is 7. The number of carbonyl (C=O) groups is 3. The van der Waals surface area contributed by atoms with Crippen molar-refractivity contribution in [2.45, 2.75) is 55.3 Å². The second kappa shape index (κ2) is 11.6. The maximum absolute atomic E-state index is 13.2. The largest absolute Gasteiger partial charge is 0.506 e. The van der Waals surface area contributed by atoms with Gasteiger partial charge in [0.15, 0.2) is 17.9 Å². The highest BCUT2D eigenvalue weighted by atomic mass is 16.7. The molecule has 42 heavy (non-hydrogen) atoms. The first-order valence-corrected chi connectivity index (χ1v) is 12.8. The standard InChI is InChI=1S/C27H28O15/c1-38-25(37)16-13(6-11-15(21(16)33)18(30)10-5-3-2-4-9(10)17(11)29)41-27-24(36)22(34)20(32)14(42-27)8-40-26-23(35)19(31)12(28)7-39-26/h2-6,12,14,19-20,22-24,26-28,31-36H,7-8H2,1H3/t12-,14-,19+,20-,22+,23-,24-,26+,27-/m1/s1. The highest BCUT2D eigenvalue weighted by molar-refractivity contribution is 6.30. The van der Waals surface area contributed by atoms with E-state index in [4.69, 9.17) is 23.7 Å². The Bertz CT molecular complexity index is 1390. The molecule has 0 bridgehead atoms. The zero-order valence-corrected chi connectivity index (χ0v) is 21.9. The van der Waals surface area contributed by atoms with E-state index >= 15 is 0 Å². The molecule has 226 valence electrons. The summed E-state index contributed by atoms with van der Waals surface area (Å²) < 4.78 is 26.5. The van der Waals surface area contributed by atoms with Gasteiger partial charge < -0.3 is 59.4 Å². The first-order chi connectivity index (χ1) is 20.0. The van der Waals surface area contributed by atoms with Crippen LogP contribution in [-0.4, -0.2) is 129 Å². The lowest BCUT2D eigenvalue weighted by atomic mass is 9.82. The third-order valence-electron chi connectivity index (χ3n) is 7.33. The molecule has 0 aromatic heterocycles. The number of rotatable bonds is 6. The molecule has 2 aromatic rings. The topological polar surface area (TPSA) is 239 Å². The Labute approximate surface area is 237 Å². The fourth-order valence-electron chi connectivity index (χ4n) is 5.00. The van der Waals surface area contributed by atoms with Gasteiger partial charge in [0, 0.05) is 16.7 Å². The zero-order valence-electron chi connectivity index (χ0n) is 21.9. The summed E-state index contributed by atoms with van der Waals surface area (Å²) in [5, 5.41) is 72.1. The van der Waals surface area contributed by atoms with Crippen molar-refractivity contribution in [2.75, 3.05) is 20.3 Å². The molecule has 2 heterocycles. The molecule has 0 radical (unpaired) electrons. The summed E-state index contributed by atoms with van der Waals surface area (Å²) in [6.45, 7) is -0.952. The molecule has 15 nitrogen and oxygen atoms in total. The predicted octanol–water partition coefficient (Wildman–Crippen LogP) is -2.40. The van der Waals surface area contributed by atoms with E-state index in [1.807, 2.05) is 0 Å². The van der Waals surface area contributed by atoms with Crippen molar-refractivity contribution in [3.05, 3.63) is 58.1 Å². The van der Waals surface area contributed by atoms with Gasteiger partial charge >= 0.3 is 5.97 Å². The SMILES string of the molecule is COC(=O)c1c(O[C@@H]2O[C@H](CO[C@@H]3OC[C@@H](O)[C@H](O)[C@H]3O)[C@@H](O)[C@H](O)[C@H]2O)cc2c(c1O)C(=O)c1ccccc1C2=O. The predicted molar refractivity (Wildman–Crippen MR) is 134 cm³/mol. The van der Waals surface area contributed by atoms with Crippen LogP contribution in [0.5, 0.6) is 11.5 Å². The number of ether oxygens (including phenoxy) is 5. The first kappa shape index (κ1) is 30.0. The maximum Gasteiger partial charge on any atom is 0.345 e. The number of methoxy groups -OCH3 is 1. The second-order valence-electron chi connectivity index (χ2n) is 9.93. The minimum absolute atomic E-state index is 0.00913. The van der Waals surface area contributed by atoms with Gasteiger partial charge in [-0.15, -0.1) is 0 Å². The summed E-state index contributed by atoms with van der Waals surface area (Å²) in [6, 6.07) is 6.86. The smallest absolute Gasteiger partial charge is 0.345 e. The monoisotopic (exact) mass is 592 g/mol. The first-order valence-electron chi connectivity index (χ1n) is 12.8. The number of phenols is 1. The van der Waals surface area contributed by atoms with E-state index in [2.05, 4.69) is 0 Å². The molecule has 1 aliphatic carbocycles. The Morgan fingerprint density at radius 2 is 1.52 bits per heavy atom. The van der Waals surface area contributed by atoms with Gasteiger partial charge in [-0.05, 0) is 6.07 Å². The van der Waals surface area contributed by atoms with Crippen LogP contribution in [0, 0.1) is 0 Å². The minimum atomic E-state index is -1.94. The second-order valence-corrected chi connectivity index (χ2v) is 9.93. The molecule has 2 saturated heterocycles. The molecule has 0 amide bonds. The molecule has 7 N–H and O–H groups in total. The summed E-state index contributed by atoms with van der Waals surface area (Å²) in [5.41, 5.74) is -1.40. The van der Waals surface area contributed by atoms with Crippen LogP contribution < -0.4 is 4.74 Å². The van der Waals surface area contributed by atoms with Gasteiger partial charge in [0.2, 0.25) is 6.29 Å². The highest BCUT2D eigenvalue weighted by Crippen LogP contribution is 2.41. The summed E-state index contributed by atoms with van der Waals surface area (Å²) in [5.74, 6) is -4.03. The Hall–Kier alpha value is -3.51. The number of fused-ring (bicyclic) bond motifs is 2. The Morgan fingerprint density at radius 3 is 2.19 bits per heavy atom. The van der Waals surface area contributed by atoms with Gasteiger partial charge in [0.25, 0.3) is 0 Å². The van der Waals surface area contributed by atoms with E-state index < -0.39 is 102 Å². The van der Waals surface area contributed by atoms with Crippen LogP contribution in [0.25, 0.3) is 0 Å². The number of aliphatic hydroxyl groups is 6. The molecule has 15 heteroatoms. The lowest BCUT2D eigenvalue weighted by molar-refractivity contribution is -0.307. The normalized spacial score (nSPS) is 32.6. The molecule has 0 saturated carbocycles. The lowest BCUT2D eigenvalue weighted by Crippen LogP contribution is -2.61. The van der Waals surface area contributed by atoms with Crippen LogP contribution in [0.1, 0.15) is 42.2 Å². The van der Waals surface area contributed by atoms with Crippen LogP contribution in [0.15, 0.2) is 30.3 Å². The van der Waals surface area contributed by atoms with Crippen LogP contribution in [0.3, 0.4) is 0 Å². The fourth-order valence-corrected chi connectivity index (χ4v) is 5.00. The van der Waals surface area contributed by atoms with E-state index in [0.29, 0.717) is 0 Å². The van der Waals surface area contributed by atoms with E-state index in [-0.39, 0.29) is 23.3 Å². The molecule has 2 fully saturated rings. The third-order valence-corrected chi connectivity index (χ3v) is 7.33. The molecular formula is C27H28O15. The number of benzene rings is 2. The zero-order chi connectivity index (χ0) is 30.5. The van der Waals surface area contributed by atoms with Gasteiger partial charge in [-0.25, -0.2) is 4.79 Å². The Morgan fingerprint density at radius 1 is 0.881 bits per heavy atom. The average molecular weight is 593 g/mol. The van der Waals surface area contributed by atoms with Gasteiger partial charge in [0.05, 0.1) is 25.9 Å². The van der Waals surface area contributed by atoms with Crippen LogP contribution in [-0.2, 0) is 18.9 Å². The van der Waals surface area contributed by atoms with Crippen molar-refractivity contribution in [1.29, 1.82) is 0 Å². The Balaban J connectivity index is 1.44. The average Bonchev–Trinajstić information content (AvgIpc) is 2.98. The van der Waals surface area contributed by atoms with Crippen molar-refractivity contribution < 1.29 is 73.8 Å². The summed E-state index contributed by atoms with van der Waals surface area (Å²) in [6.07, 6.45) is -14.9. The molecule has 5 rings (SSSR count). The molecule has 2 aliphatic heterocycles. The molecule has 0 unspecified atom stereocenters. The van der Waals surface area contributed by atoms with Crippen molar-refractivity contribution in [3.8, 4) is 11.5 Å². The number of aliphatic hydroxyl groups excluding tert-OH is 6. The molecule has 3 aliphatic rings. The number of carbonyl (C=O) groups excluding carboxylic acids is 3. The third kappa shape index (κ3) is 5.04. The molecule has 2 aromatic carbocycles. The van der Waals surface area contributed by atoms with Crippen molar-refractivity contribution in [3.63, 3.8) is 0 Å². The number of hydrogen-bond acceptors (Lipinski definition) is 15. The van der Waals surface area contributed by atoms with E-state index in [9.17, 15) is 50.1 Å². The fraction of sp³-hybridized carbons (Fsp3) is 0.444. The van der Waals surface area contributed by atoms with Gasteiger partial charge in [-0.1, -0.05) is 24.3 Å². The molecule has 9 atom stereocenters. The maximum atomic E-state index is 13.2. The number of aromatic hydroxyl groups is 1. The lowest BCUT2D eigenvalue weighted by Gasteiger charge is -2.41. The number of phenolic OH excluding ortho intramolecular Hbond substituents is 1. The summed E-state index contributed by atoms with van der Waals surface area (Å²) in [4.78, 5) is 39.1. The van der Waals surface area contributed by atoms with Crippen LogP contribution in [0.4, 0.5) is 0 Å². The van der Waals surface area contributed by atoms with E-state index in [1.165, 1.54) is 24.3 Å². The number of ketones is 2. The van der Waals surface area contributed by atoms with Gasteiger partial charge in [-0.3, -0.25) is 9.59 Å².